The average molecular weight is 458 g/mol. The normalized spacial score (nSPS) is 11.1. The van der Waals surface area contributed by atoms with Crippen LogP contribution in [-0.4, -0.2) is 29.2 Å². The Kier molecular flexibility index (Phi) is 6.59. The maximum atomic E-state index is 12.3. The largest absolute Gasteiger partial charge is 0.496 e. The van der Waals surface area contributed by atoms with Crippen molar-refractivity contribution in [1.29, 1.82) is 0 Å². The molecule has 8 heteroatoms. The van der Waals surface area contributed by atoms with Crippen LogP contribution < -0.4 is 15.8 Å². The number of oxazole rings is 1. The van der Waals surface area contributed by atoms with Crippen LogP contribution in [0.25, 0.3) is 28.3 Å². The third kappa shape index (κ3) is 4.75. The first-order chi connectivity index (χ1) is 16.5. The van der Waals surface area contributed by atoms with Gasteiger partial charge in [-0.2, -0.15) is 0 Å². The second-order valence-corrected chi connectivity index (χ2v) is 7.49. The summed E-state index contributed by atoms with van der Waals surface area (Å²) in [5, 5.41) is 11.7. The molecule has 2 N–H and O–H groups in total. The fourth-order valence-corrected chi connectivity index (χ4v) is 3.76. The van der Waals surface area contributed by atoms with E-state index in [4.69, 9.17) is 9.15 Å². The zero-order valence-electron chi connectivity index (χ0n) is 18.4. The fourth-order valence-electron chi connectivity index (χ4n) is 3.76. The van der Waals surface area contributed by atoms with Gasteiger partial charge in [0.25, 0.3) is 0 Å². The van der Waals surface area contributed by atoms with E-state index in [1.54, 1.807) is 12.1 Å². The summed E-state index contributed by atoms with van der Waals surface area (Å²) >= 11 is 0. The van der Waals surface area contributed by atoms with Crippen molar-refractivity contribution in [2.24, 2.45) is 0 Å². The Morgan fingerprint density at radius 1 is 1.15 bits per heavy atom. The third-order valence-corrected chi connectivity index (χ3v) is 5.35. The molecule has 0 bridgehead atoms. The van der Waals surface area contributed by atoms with Crippen molar-refractivity contribution in [2.45, 2.75) is 13.0 Å². The smallest absolute Gasteiger partial charge is 0.419 e. The molecule has 1 heterocycles. The van der Waals surface area contributed by atoms with Gasteiger partial charge >= 0.3 is 11.8 Å². The highest BCUT2D eigenvalue weighted by Crippen LogP contribution is 2.29. The molecule has 3 aromatic carbocycles. The molecule has 8 nitrogen and oxygen atoms in total. The summed E-state index contributed by atoms with van der Waals surface area (Å²) < 4.78 is 12.0. The molecule has 0 atom stereocenters. The second kappa shape index (κ2) is 9.91. The zero-order chi connectivity index (χ0) is 24.1. The minimum Gasteiger partial charge on any atom is -0.496 e. The fraction of sp³-hybridized carbons (Fsp3) is 0.115. The summed E-state index contributed by atoms with van der Waals surface area (Å²) in [6.07, 6.45) is 3.78. The summed E-state index contributed by atoms with van der Waals surface area (Å²) in [7, 11) is 1.45. The first kappa shape index (κ1) is 22.6. The number of aromatic nitrogens is 1. The van der Waals surface area contributed by atoms with Crippen LogP contribution in [0.2, 0.25) is 0 Å². The minimum atomic E-state index is -1.14. The number of benzene rings is 3. The van der Waals surface area contributed by atoms with Crippen molar-refractivity contribution in [2.75, 3.05) is 12.4 Å². The molecule has 0 saturated heterocycles. The first-order valence-electron chi connectivity index (χ1n) is 10.5. The van der Waals surface area contributed by atoms with Crippen LogP contribution in [0.15, 0.2) is 76.0 Å². The van der Waals surface area contributed by atoms with E-state index in [9.17, 15) is 19.5 Å². The molecule has 172 valence electrons. The molecular formula is C26H22N2O6. The van der Waals surface area contributed by atoms with Crippen LogP contribution in [0, 0.1) is 0 Å². The van der Waals surface area contributed by atoms with Gasteiger partial charge in [-0.25, -0.2) is 9.59 Å². The molecule has 0 spiro atoms. The van der Waals surface area contributed by atoms with E-state index in [1.165, 1.54) is 17.7 Å². The number of allylic oxidation sites excluding steroid dienone is 1. The van der Waals surface area contributed by atoms with Crippen molar-refractivity contribution >= 4 is 35.2 Å². The summed E-state index contributed by atoms with van der Waals surface area (Å²) in [6.45, 7) is 0.355. The molecule has 4 aromatic rings. The van der Waals surface area contributed by atoms with Crippen molar-refractivity contribution < 1.29 is 23.8 Å². The summed E-state index contributed by atoms with van der Waals surface area (Å²) in [6, 6.07) is 18.1. The molecule has 0 aliphatic rings. The molecule has 0 aliphatic carbocycles. The second-order valence-electron chi connectivity index (χ2n) is 7.49. The Balaban J connectivity index is 1.54. The molecule has 0 radical (unpaired) electrons. The number of carbonyl (C=O) groups is 2. The Morgan fingerprint density at radius 2 is 1.94 bits per heavy atom. The number of anilines is 1. The Hall–Kier alpha value is -4.59. The maximum absolute atomic E-state index is 12.3. The molecule has 1 amide bonds. The zero-order valence-corrected chi connectivity index (χ0v) is 18.4. The van der Waals surface area contributed by atoms with Crippen molar-refractivity contribution in [3.63, 3.8) is 0 Å². The highest BCUT2D eigenvalue weighted by atomic mass is 16.5. The standard InChI is InChI=1S/C26H22N2O6/c1-33-23-15-22-24(14-19(23)16-29)34-26(32)28(22)12-6-5-7-17-10-11-20(18-8-3-2-4-9-18)21(13-17)27-25(30)31/h2-5,7-11,13-16,27H,6,12H2,1H3,(H,30,31). The molecule has 0 unspecified atom stereocenters. The number of aryl methyl sites for hydroxylation is 1. The Bertz CT molecular complexity index is 1430. The molecule has 34 heavy (non-hydrogen) atoms. The molecule has 1 aromatic heterocycles. The third-order valence-electron chi connectivity index (χ3n) is 5.35. The molecule has 4 rings (SSSR count). The van der Waals surface area contributed by atoms with E-state index in [-0.39, 0.29) is 0 Å². The monoisotopic (exact) mass is 458 g/mol. The lowest BCUT2D eigenvalue weighted by Gasteiger charge is -2.10. The number of aldehydes is 1. The van der Waals surface area contributed by atoms with Crippen molar-refractivity contribution in [3.8, 4) is 16.9 Å². The van der Waals surface area contributed by atoms with E-state index in [0.29, 0.717) is 47.4 Å². The number of ether oxygens (including phenoxy) is 1. The van der Waals surface area contributed by atoms with Crippen LogP contribution >= 0.6 is 0 Å². The predicted octanol–water partition coefficient (Wildman–Crippen LogP) is 5.28. The van der Waals surface area contributed by atoms with E-state index in [0.717, 1.165) is 16.7 Å². The number of hydrogen-bond donors (Lipinski definition) is 2. The SMILES string of the molecule is COc1cc2c(cc1C=O)oc(=O)n2CCC=Cc1ccc(-c2ccccc2)c(NC(=O)O)c1. The van der Waals surface area contributed by atoms with Gasteiger partial charge in [0.1, 0.15) is 5.75 Å². The van der Waals surface area contributed by atoms with Crippen LogP contribution in [0.4, 0.5) is 10.5 Å². The van der Waals surface area contributed by atoms with Gasteiger partial charge in [-0.15, -0.1) is 0 Å². The lowest BCUT2D eigenvalue weighted by Crippen LogP contribution is -2.13. The molecule has 0 aliphatic heterocycles. The van der Waals surface area contributed by atoms with Crippen molar-refractivity contribution in [3.05, 3.63) is 88.4 Å². The lowest BCUT2D eigenvalue weighted by molar-refractivity contribution is 0.112. The van der Waals surface area contributed by atoms with Gasteiger partial charge in [0.15, 0.2) is 11.9 Å². The Morgan fingerprint density at radius 3 is 2.65 bits per heavy atom. The van der Waals surface area contributed by atoms with E-state index in [1.807, 2.05) is 54.6 Å². The van der Waals surface area contributed by atoms with Crippen LogP contribution in [-0.2, 0) is 6.54 Å². The van der Waals surface area contributed by atoms with Crippen LogP contribution in [0.1, 0.15) is 22.3 Å². The lowest BCUT2D eigenvalue weighted by atomic mass is 10.0. The van der Waals surface area contributed by atoms with Gasteiger partial charge < -0.3 is 14.3 Å². The number of amides is 1. The molecular weight excluding hydrogens is 436 g/mol. The number of methoxy groups -OCH3 is 1. The number of carboxylic acid groups (broad SMARTS) is 1. The molecule has 0 fully saturated rings. The van der Waals surface area contributed by atoms with E-state index in [2.05, 4.69) is 5.32 Å². The van der Waals surface area contributed by atoms with Gasteiger partial charge in [-0.05, 0) is 29.7 Å². The van der Waals surface area contributed by atoms with E-state index >= 15 is 0 Å². The number of hydrogen-bond acceptors (Lipinski definition) is 5. The number of carbonyl (C=O) groups excluding carboxylic acids is 1. The number of nitrogens with one attached hydrogen (secondary N) is 1. The van der Waals surface area contributed by atoms with Crippen LogP contribution in [0.5, 0.6) is 5.75 Å². The summed E-state index contributed by atoms with van der Waals surface area (Å²) in [4.78, 5) is 34.8. The van der Waals surface area contributed by atoms with Gasteiger partial charge in [-0.3, -0.25) is 14.7 Å². The maximum Gasteiger partial charge on any atom is 0.419 e. The summed E-state index contributed by atoms with van der Waals surface area (Å²) in [5.74, 6) is -0.154. The highest BCUT2D eigenvalue weighted by Gasteiger charge is 2.13. The first-order valence-corrected chi connectivity index (χ1v) is 10.5. The van der Waals surface area contributed by atoms with Gasteiger partial charge in [0.05, 0.1) is 23.9 Å². The average Bonchev–Trinajstić information content (AvgIpc) is 3.15. The van der Waals surface area contributed by atoms with E-state index < -0.39 is 11.8 Å². The van der Waals surface area contributed by atoms with Gasteiger partial charge in [0.2, 0.25) is 0 Å². The number of fused-ring (bicyclic) bond motifs is 1. The van der Waals surface area contributed by atoms with Crippen LogP contribution in [0.3, 0.4) is 0 Å². The highest BCUT2D eigenvalue weighted by molar-refractivity contribution is 5.91. The Labute approximate surface area is 194 Å². The predicted molar refractivity (Wildman–Crippen MR) is 130 cm³/mol. The van der Waals surface area contributed by atoms with Gasteiger partial charge in [0, 0.05) is 18.2 Å². The number of rotatable bonds is 8. The quantitative estimate of drug-likeness (QED) is 0.348. The number of nitrogens with zero attached hydrogens (tertiary/aromatic N) is 1. The molecule has 0 saturated carbocycles. The summed E-state index contributed by atoms with van der Waals surface area (Å²) in [5.41, 5.74) is 4.14. The van der Waals surface area contributed by atoms with Gasteiger partial charge in [-0.1, -0.05) is 54.6 Å². The minimum absolute atomic E-state index is 0.306. The van der Waals surface area contributed by atoms with Crippen molar-refractivity contribution in [1.82, 2.24) is 4.57 Å². The topological polar surface area (TPSA) is 111 Å².